The van der Waals surface area contributed by atoms with Crippen LogP contribution in [-0.4, -0.2) is 12.9 Å². The Labute approximate surface area is 77.2 Å². The van der Waals surface area contributed by atoms with Crippen LogP contribution in [-0.2, 0) is 16.4 Å². The van der Waals surface area contributed by atoms with Gasteiger partial charge < -0.3 is 0 Å². The molecule has 0 amide bonds. The highest BCUT2D eigenvalue weighted by atomic mass is 17.2. The maximum atomic E-state index is 11.1. The molecule has 3 heteroatoms. The van der Waals surface area contributed by atoms with Crippen LogP contribution < -0.4 is 0 Å². The average Bonchev–Trinajstić information content (AvgIpc) is 2.15. The van der Waals surface area contributed by atoms with Crippen LogP contribution in [0.25, 0.3) is 0 Å². The number of rotatable bonds is 4. The lowest BCUT2D eigenvalue weighted by Crippen LogP contribution is -2.01. The summed E-state index contributed by atoms with van der Waals surface area (Å²) in [7, 11) is 1.44. The standard InChI is InChI=1S/C10H12O3/c1-8(11)10-6-4-3-5-9(10)7-13-12-2/h3-6H,7H2,1-2H3. The number of hydrogen-bond donors (Lipinski definition) is 0. The van der Waals surface area contributed by atoms with E-state index in [4.69, 9.17) is 4.89 Å². The minimum Gasteiger partial charge on any atom is -0.294 e. The number of ketones is 1. The Kier molecular flexibility index (Phi) is 3.61. The van der Waals surface area contributed by atoms with Crippen molar-refractivity contribution in [3.8, 4) is 0 Å². The van der Waals surface area contributed by atoms with Gasteiger partial charge in [-0.2, -0.15) is 0 Å². The van der Waals surface area contributed by atoms with Gasteiger partial charge in [-0.25, -0.2) is 9.78 Å². The van der Waals surface area contributed by atoms with Crippen molar-refractivity contribution in [1.29, 1.82) is 0 Å². The molecule has 0 N–H and O–H groups in total. The van der Waals surface area contributed by atoms with Gasteiger partial charge in [-0.05, 0) is 12.5 Å². The summed E-state index contributed by atoms with van der Waals surface area (Å²) in [5, 5.41) is 0. The first kappa shape index (κ1) is 9.89. The van der Waals surface area contributed by atoms with Gasteiger partial charge in [-0.15, -0.1) is 0 Å². The third-order valence-corrected chi connectivity index (χ3v) is 1.73. The van der Waals surface area contributed by atoms with E-state index < -0.39 is 0 Å². The topological polar surface area (TPSA) is 35.5 Å². The van der Waals surface area contributed by atoms with Crippen molar-refractivity contribution >= 4 is 5.78 Å². The fourth-order valence-corrected chi connectivity index (χ4v) is 1.11. The van der Waals surface area contributed by atoms with Gasteiger partial charge in [0.2, 0.25) is 0 Å². The van der Waals surface area contributed by atoms with Crippen LogP contribution >= 0.6 is 0 Å². The normalized spacial score (nSPS) is 10.0. The molecule has 0 saturated carbocycles. The minimum absolute atomic E-state index is 0.0373. The zero-order valence-electron chi connectivity index (χ0n) is 7.74. The highest BCUT2D eigenvalue weighted by molar-refractivity contribution is 5.95. The first-order valence-corrected chi connectivity index (χ1v) is 4.00. The number of carbonyl (C=O) groups is 1. The molecule has 70 valence electrons. The van der Waals surface area contributed by atoms with Crippen molar-refractivity contribution in [2.24, 2.45) is 0 Å². The summed E-state index contributed by atoms with van der Waals surface area (Å²) in [4.78, 5) is 20.4. The first-order chi connectivity index (χ1) is 6.25. The van der Waals surface area contributed by atoms with E-state index in [1.54, 1.807) is 6.07 Å². The van der Waals surface area contributed by atoms with Gasteiger partial charge in [0, 0.05) is 5.56 Å². The van der Waals surface area contributed by atoms with Gasteiger partial charge in [-0.1, -0.05) is 24.3 Å². The molecule has 0 aliphatic carbocycles. The van der Waals surface area contributed by atoms with Gasteiger partial charge in [-0.3, -0.25) is 4.79 Å². The van der Waals surface area contributed by atoms with Crippen LogP contribution in [0.5, 0.6) is 0 Å². The SMILES string of the molecule is COOCc1ccccc1C(C)=O. The molecule has 13 heavy (non-hydrogen) atoms. The molecule has 0 atom stereocenters. The molecule has 0 fully saturated rings. The van der Waals surface area contributed by atoms with Crippen molar-refractivity contribution in [1.82, 2.24) is 0 Å². The predicted octanol–water partition coefficient (Wildman–Crippen LogP) is 1.97. The van der Waals surface area contributed by atoms with E-state index >= 15 is 0 Å². The minimum atomic E-state index is 0.0373. The summed E-state index contributed by atoms with van der Waals surface area (Å²) in [6, 6.07) is 7.31. The van der Waals surface area contributed by atoms with Crippen molar-refractivity contribution in [2.75, 3.05) is 7.11 Å². The summed E-state index contributed by atoms with van der Waals surface area (Å²) in [5.41, 5.74) is 1.52. The van der Waals surface area contributed by atoms with E-state index in [0.29, 0.717) is 12.2 Å². The maximum absolute atomic E-state index is 11.1. The van der Waals surface area contributed by atoms with Gasteiger partial charge >= 0.3 is 0 Å². The molecule has 1 aromatic carbocycles. The molecular weight excluding hydrogens is 168 g/mol. The van der Waals surface area contributed by atoms with E-state index in [-0.39, 0.29) is 5.78 Å². The molecule has 0 radical (unpaired) electrons. The molecule has 0 aliphatic heterocycles. The number of benzene rings is 1. The zero-order valence-corrected chi connectivity index (χ0v) is 7.74. The lowest BCUT2D eigenvalue weighted by Gasteiger charge is -2.04. The van der Waals surface area contributed by atoms with Crippen LogP contribution in [0, 0.1) is 0 Å². The van der Waals surface area contributed by atoms with E-state index in [0.717, 1.165) is 5.56 Å². The van der Waals surface area contributed by atoms with Crippen molar-refractivity contribution < 1.29 is 14.6 Å². The zero-order chi connectivity index (χ0) is 9.68. The van der Waals surface area contributed by atoms with Crippen LogP contribution in [0.2, 0.25) is 0 Å². The molecule has 0 aromatic heterocycles. The van der Waals surface area contributed by atoms with Crippen LogP contribution in [0.1, 0.15) is 22.8 Å². The van der Waals surface area contributed by atoms with Gasteiger partial charge in [0.1, 0.15) is 6.61 Å². The molecule has 0 bridgehead atoms. The highest BCUT2D eigenvalue weighted by Crippen LogP contribution is 2.10. The summed E-state index contributed by atoms with van der Waals surface area (Å²) < 4.78 is 0. The Morgan fingerprint density at radius 1 is 1.38 bits per heavy atom. The van der Waals surface area contributed by atoms with Crippen LogP contribution in [0.15, 0.2) is 24.3 Å². The molecular formula is C10H12O3. The van der Waals surface area contributed by atoms with Crippen LogP contribution in [0.4, 0.5) is 0 Å². The second kappa shape index (κ2) is 4.74. The van der Waals surface area contributed by atoms with E-state index in [1.807, 2.05) is 18.2 Å². The van der Waals surface area contributed by atoms with E-state index in [9.17, 15) is 4.79 Å². The molecule has 0 unspecified atom stereocenters. The molecule has 0 heterocycles. The van der Waals surface area contributed by atoms with Gasteiger partial charge in [0.05, 0.1) is 7.11 Å². The quantitative estimate of drug-likeness (QED) is 0.403. The Morgan fingerprint density at radius 2 is 2.08 bits per heavy atom. The second-order valence-electron chi connectivity index (χ2n) is 2.64. The first-order valence-electron chi connectivity index (χ1n) is 4.00. The smallest absolute Gasteiger partial charge is 0.160 e. The monoisotopic (exact) mass is 180 g/mol. The summed E-state index contributed by atoms with van der Waals surface area (Å²) >= 11 is 0. The lowest BCUT2D eigenvalue weighted by molar-refractivity contribution is -0.282. The fourth-order valence-electron chi connectivity index (χ4n) is 1.11. The molecule has 1 rings (SSSR count). The summed E-state index contributed by atoms with van der Waals surface area (Å²) in [6.45, 7) is 1.83. The second-order valence-corrected chi connectivity index (χ2v) is 2.64. The Hall–Kier alpha value is -1.19. The summed E-state index contributed by atoms with van der Waals surface area (Å²) in [6.07, 6.45) is 0. The fraction of sp³-hybridized carbons (Fsp3) is 0.300. The third kappa shape index (κ3) is 2.65. The van der Waals surface area contributed by atoms with Gasteiger partial charge in [0.15, 0.2) is 5.78 Å². The molecule has 3 nitrogen and oxygen atoms in total. The van der Waals surface area contributed by atoms with Crippen molar-refractivity contribution in [2.45, 2.75) is 13.5 Å². The third-order valence-electron chi connectivity index (χ3n) is 1.73. The molecule has 0 saturated heterocycles. The molecule has 0 spiro atoms. The van der Waals surface area contributed by atoms with E-state index in [1.165, 1.54) is 14.0 Å². The van der Waals surface area contributed by atoms with Gasteiger partial charge in [0.25, 0.3) is 0 Å². The molecule has 0 aliphatic rings. The van der Waals surface area contributed by atoms with Crippen molar-refractivity contribution in [3.63, 3.8) is 0 Å². The van der Waals surface area contributed by atoms with Crippen LogP contribution in [0.3, 0.4) is 0 Å². The predicted molar refractivity (Wildman–Crippen MR) is 48.2 cm³/mol. The Balaban J connectivity index is 2.84. The lowest BCUT2D eigenvalue weighted by atomic mass is 10.1. The Morgan fingerprint density at radius 3 is 2.69 bits per heavy atom. The largest absolute Gasteiger partial charge is 0.294 e. The highest BCUT2D eigenvalue weighted by Gasteiger charge is 2.05. The maximum Gasteiger partial charge on any atom is 0.160 e. The van der Waals surface area contributed by atoms with E-state index in [2.05, 4.69) is 4.89 Å². The summed E-state index contributed by atoms with van der Waals surface area (Å²) in [5.74, 6) is 0.0373. The number of carbonyl (C=O) groups excluding carboxylic acids is 1. The number of Topliss-reactive ketones (excluding diaryl/α,β-unsaturated/α-hetero) is 1. The molecule has 1 aromatic rings. The average molecular weight is 180 g/mol. The number of hydrogen-bond acceptors (Lipinski definition) is 3. The Bertz CT molecular complexity index is 294. The van der Waals surface area contributed by atoms with Crippen molar-refractivity contribution in [3.05, 3.63) is 35.4 Å².